The lowest BCUT2D eigenvalue weighted by atomic mass is 9.92. The Kier molecular flexibility index (Phi) is 5.30. The van der Waals surface area contributed by atoms with Crippen molar-refractivity contribution < 1.29 is 14.0 Å². The molecule has 1 aliphatic heterocycles. The highest BCUT2D eigenvalue weighted by Crippen LogP contribution is 2.40. The van der Waals surface area contributed by atoms with E-state index >= 15 is 0 Å². The number of anilines is 2. The molecule has 6 aromatic rings. The number of carbonyl (C=O) groups excluding carboxylic acids is 2. The van der Waals surface area contributed by atoms with Crippen LogP contribution in [-0.4, -0.2) is 16.8 Å². The first-order valence-electron chi connectivity index (χ1n) is 12.6. The van der Waals surface area contributed by atoms with Crippen molar-refractivity contribution in [3.05, 3.63) is 126 Å². The van der Waals surface area contributed by atoms with Crippen molar-refractivity contribution in [3.8, 4) is 11.5 Å². The molecule has 6 nitrogen and oxygen atoms in total. The molecular formula is C33H21N3O3. The molecule has 7 rings (SSSR count). The van der Waals surface area contributed by atoms with Crippen molar-refractivity contribution >= 4 is 56.2 Å². The average molecular weight is 508 g/mol. The van der Waals surface area contributed by atoms with Gasteiger partial charge in [-0.3, -0.25) is 14.9 Å². The number of amides is 2. The smallest absolute Gasteiger partial charge is 0.259 e. The largest absolute Gasteiger partial charge is 0.436 e. The molecule has 6 heteroatoms. The third kappa shape index (κ3) is 3.95. The van der Waals surface area contributed by atoms with Crippen LogP contribution in [0.4, 0.5) is 11.4 Å². The zero-order chi connectivity index (χ0) is 26.3. The molecule has 186 valence electrons. The summed E-state index contributed by atoms with van der Waals surface area (Å²) in [6, 6.07) is 36.5. The van der Waals surface area contributed by atoms with Crippen molar-refractivity contribution in [2.75, 3.05) is 5.32 Å². The summed E-state index contributed by atoms with van der Waals surface area (Å²) >= 11 is 0. The highest BCUT2D eigenvalue weighted by Gasteiger charge is 2.34. The molecule has 39 heavy (non-hydrogen) atoms. The van der Waals surface area contributed by atoms with Crippen molar-refractivity contribution in [2.45, 2.75) is 0 Å². The quantitative estimate of drug-likeness (QED) is 0.247. The minimum absolute atomic E-state index is 0.329. The van der Waals surface area contributed by atoms with E-state index in [1.54, 1.807) is 0 Å². The van der Waals surface area contributed by atoms with Crippen LogP contribution in [0.2, 0.25) is 0 Å². The predicted molar refractivity (Wildman–Crippen MR) is 153 cm³/mol. The first kappa shape index (κ1) is 22.7. The molecule has 5 aromatic carbocycles. The predicted octanol–water partition coefficient (Wildman–Crippen LogP) is 6.96. The topological polar surface area (TPSA) is 84.2 Å². The van der Waals surface area contributed by atoms with Gasteiger partial charge in [0.05, 0.1) is 16.8 Å². The Morgan fingerprint density at radius 3 is 2.15 bits per heavy atom. The Morgan fingerprint density at radius 1 is 0.641 bits per heavy atom. The maximum Gasteiger partial charge on any atom is 0.259 e. The minimum Gasteiger partial charge on any atom is -0.436 e. The number of imide groups is 1. The lowest BCUT2D eigenvalue weighted by Crippen LogP contribution is -2.22. The number of benzene rings is 5. The fourth-order valence-electron chi connectivity index (χ4n) is 5.04. The summed E-state index contributed by atoms with van der Waals surface area (Å²) in [5.41, 5.74) is 5.85. The number of carbonyl (C=O) groups is 2. The van der Waals surface area contributed by atoms with E-state index in [4.69, 9.17) is 4.42 Å². The SMILES string of the molecule is O=C1NC(=O)C(c2ccc3ccccc3c2Nc2ccccc2)=C1c1ccc(-c2nc3ccccc3o2)cc1. The Labute approximate surface area is 223 Å². The monoisotopic (exact) mass is 507 g/mol. The van der Waals surface area contributed by atoms with Crippen molar-refractivity contribution in [1.82, 2.24) is 10.3 Å². The second kappa shape index (κ2) is 9.11. The molecule has 0 atom stereocenters. The fourth-order valence-corrected chi connectivity index (χ4v) is 5.04. The summed E-state index contributed by atoms with van der Waals surface area (Å²) in [6.07, 6.45) is 0. The van der Waals surface area contributed by atoms with Gasteiger partial charge in [-0.15, -0.1) is 0 Å². The summed E-state index contributed by atoms with van der Waals surface area (Å²) in [7, 11) is 0. The van der Waals surface area contributed by atoms with Crippen molar-refractivity contribution in [1.29, 1.82) is 0 Å². The minimum atomic E-state index is -0.427. The molecule has 0 fully saturated rings. The number of para-hydroxylation sites is 3. The Balaban J connectivity index is 1.37. The molecule has 0 saturated carbocycles. The normalized spacial score (nSPS) is 13.3. The fraction of sp³-hybridized carbons (Fsp3) is 0. The van der Waals surface area contributed by atoms with Gasteiger partial charge in [0.25, 0.3) is 11.8 Å². The summed E-state index contributed by atoms with van der Waals surface area (Å²) in [6.45, 7) is 0. The van der Waals surface area contributed by atoms with Gasteiger partial charge < -0.3 is 9.73 Å². The number of fused-ring (bicyclic) bond motifs is 2. The van der Waals surface area contributed by atoms with E-state index < -0.39 is 11.8 Å². The molecule has 0 radical (unpaired) electrons. The number of rotatable bonds is 5. The lowest BCUT2D eigenvalue weighted by Gasteiger charge is -2.16. The van der Waals surface area contributed by atoms with Gasteiger partial charge in [-0.1, -0.05) is 78.9 Å². The average Bonchev–Trinajstić information content (AvgIpc) is 3.54. The maximum absolute atomic E-state index is 13.3. The number of nitrogens with zero attached hydrogens (tertiary/aromatic N) is 1. The molecule has 0 spiro atoms. The first-order valence-corrected chi connectivity index (χ1v) is 12.6. The van der Waals surface area contributed by atoms with Gasteiger partial charge in [-0.2, -0.15) is 0 Å². The molecule has 1 aromatic heterocycles. The van der Waals surface area contributed by atoms with E-state index in [1.165, 1.54) is 0 Å². The zero-order valence-electron chi connectivity index (χ0n) is 20.6. The van der Waals surface area contributed by atoms with Crippen LogP contribution < -0.4 is 10.6 Å². The lowest BCUT2D eigenvalue weighted by molar-refractivity contribution is -0.122. The van der Waals surface area contributed by atoms with E-state index in [2.05, 4.69) is 15.6 Å². The first-order chi connectivity index (χ1) is 19.2. The molecule has 0 saturated heterocycles. The van der Waals surface area contributed by atoms with Gasteiger partial charge in [0.2, 0.25) is 5.89 Å². The van der Waals surface area contributed by atoms with Crippen LogP contribution in [0.1, 0.15) is 11.1 Å². The Bertz CT molecular complexity index is 1900. The molecule has 1 aliphatic rings. The van der Waals surface area contributed by atoms with E-state index in [0.29, 0.717) is 33.7 Å². The van der Waals surface area contributed by atoms with Gasteiger partial charge in [0.1, 0.15) is 5.52 Å². The molecule has 0 unspecified atom stereocenters. The number of aromatic nitrogens is 1. The number of nitrogens with one attached hydrogen (secondary N) is 2. The van der Waals surface area contributed by atoms with E-state index in [1.807, 2.05) is 115 Å². The van der Waals surface area contributed by atoms with Gasteiger partial charge in [-0.05, 0) is 47.3 Å². The molecule has 0 bridgehead atoms. The van der Waals surface area contributed by atoms with Crippen LogP contribution in [0.3, 0.4) is 0 Å². The highest BCUT2D eigenvalue weighted by atomic mass is 16.3. The molecule has 2 heterocycles. The number of hydrogen-bond acceptors (Lipinski definition) is 5. The van der Waals surface area contributed by atoms with Gasteiger partial charge >= 0.3 is 0 Å². The second-order valence-corrected chi connectivity index (χ2v) is 9.30. The van der Waals surface area contributed by atoms with Crippen molar-refractivity contribution in [3.63, 3.8) is 0 Å². The van der Waals surface area contributed by atoms with Gasteiger partial charge in [-0.25, -0.2) is 4.98 Å². The van der Waals surface area contributed by atoms with E-state index in [9.17, 15) is 9.59 Å². The van der Waals surface area contributed by atoms with Crippen LogP contribution in [0, 0.1) is 0 Å². The van der Waals surface area contributed by atoms with E-state index in [-0.39, 0.29) is 0 Å². The number of hydrogen-bond donors (Lipinski definition) is 2. The third-order valence-electron chi connectivity index (χ3n) is 6.89. The second-order valence-electron chi connectivity index (χ2n) is 9.30. The van der Waals surface area contributed by atoms with Gasteiger partial charge in [0.15, 0.2) is 5.58 Å². The molecule has 2 N–H and O–H groups in total. The van der Waals surface area contributed by atoms with Crippen LogP contribution in [0.25, 0.3) is 44.5 Å². The number of oxazole rings is 1. The molecular weight excluding hydrogens is 486 g/mol. The summed E-state index contributed by atoms with van der Waals surface area (Å²) in [4.78, 5) is 30.9. The zero-order valence-corrected chi connectivity index (χ0v) is 20.6. The molecule has 0 aliphatic carbocycles. The summed E-state index contributed by atoms with van der Waals surface area (Å²) in [5, 5.41) is 7.97. The highest BCUT2D eigenvalue weighted by molar-refractivity contribution is 6.49. The van der Waals surface area contributed by atoms with Crippen molar-refractivity contribution in [2.24, 2.45) is 0 Å². The van der Waals surface area contributed by atoms with Gasteiger partial charge in [0, 0.05) is 22.2 Å². The van der Waals surface area contributed by atoms with Crippen LogP contribution in [0.5, 0.6) is 0 Å². The van der Waals surface area contributed by atoms with Crippen LogP contribution >= 0.6 is 0 Å². The summed E-state index contributed by atoms with van der Waals surface area (Å²) < 4.78 is 5.90. The standard InChI is InChI=1S/C33H21N3O3/c37-31-28(21-14-16-22(17-15-21)33-35-26-12-6-7-13-27(26)39-33)29(32(38)36-31)25-19-18-20-8-4-5-11-24(20)30(25)34-23-9-2-1-3-10-23/h1-19,34H,(H,36,37,38). The van der Waals surface area contributed by atoms with E-state index in [0.717, 1.165) is 33.2 Å². The third-order valence-corrected chi connectivity index (χ3v) is 6.89. The maximum atomic E-state index is 13.3. The molecule has 2 amide bonds. The van der Waals surface area contributed by atoms with Crippen LogP contribution in [0.15, 0.2) is 120 Å². The Morgan fingerprint density at radius 2 is 1.33 bits per heavy atom. The van der Waals surface area contributed by atoms with Crippen LogP contribution in [-0.2, 0) is 9.59 Å². The summed E-state index contributed by atoms with van der Waals surface area (Å²) in [5.74, 6) is -0.361. The Hall–Kier alpha value is -5.49.